The van der Waals surface area contributed by atoms with E-state index < -0.39 is 12.1 Å². The molecule has 4 aromatic rings. The van der Waals surface area contributed by atoms with Crippen LogP contribution in [0.15, 0.2) is 53.3 Å². The van der Waals surface area contributed by atoms with Gasteiger partial charge < -0.3 is 9.26 Å². The van der Waals surface area contributed by atoms with Gasteiger partial charge in [0, 0.05) is 23.5 Å². The number of pyridine rings is 1. The molecule has 0 radical (unpaired) electrons. The third kappa shape index (κ3) is 4.32. The van der Waals surface area contributed by atoms with E-state index in [9.17, 15) is 4.79 Å². The fraction of sp³-hybridized carbons (Fsp3) is 0.211. The molecule has 0 spiro atoms. The number of esters is 1. The fourth-order valence-corrected chi connectivity index (χ4v) is 2.54. The van der Waals surface area contributed by atoms with E-state index in [0.717, 1.165) is 11.1 Å². The van der Waals surface area contributed by atoms with Crippen LogP contribution in [0.1, 0.15) is 24.5 Å². The summed E-state index contributed by atoms with van der Waals surface area (Å²) < 4.78 is 10.5. The molecule has 0 N–H and O–H groups in total. The highest BCUT2D eigenvalue weighted by molar-refractivity contribution is 5.69. The van der Waals surface area contributed by atoms with Gasteiger partial charge in [0.05, 0.1) is 0 Å². The Morgan fingerprint density at radius 3 is 2.76 bits per heavy atom. The summed E-state index contributed by atoms with van der Waals surface area (Å²) in [6.45, 7) is 3.45. The first kappa shape index (κ1) is 18.4. The molecule has 1 atom stereocenters. The number of hydrogen-bond acceptors (Lipinski definition) is 9. The molecule has 1 unspecified atom stereocenters. The molecule has 29 heavy (non-hydrogen) atoms. The number of aryl methyl sites for hydroxylation is 1. The maximum absolute atomic E-state index is 12.2. The lowest BCUT2D eigenvalue weighted by Gasteiger charge is -2.08. The standard InChI is InChI=1S/C19H17N7O3/c1-12-5-7-14(8-6-12)18-22-25-26(23-18)11-16(27)28-13(2)19-21-17(24-29-19)15-4-3-9-20-10-15/h3-10,13H,11H2,1-2H3. The smallest absolute Gasteiger partial charge is 0.330 e. The van der Waals surface area contributed by atoms with E-state index in [0.29, 0.717) is 17.2 Å². The predicted molar refractivity (Wildman–Crippen MR) is 100 cm³/mol. The lowest BCUT2D eigenvalue weighted by Crippen LogP contribution is -2.17. The molecule has 0 saturated heterocycles. The lowest BCUT2D eigenvalue weighted by molar-refractivity contribution is -0.151. The third-order valence-corrected chi connectivity index (χ3v) is 4.05. The van der Waals surface area contributed by atoms with Crippen molar-refractivity contribution in [2.75, 3.05) is 0 Å². The quantitative estimate of drug-likeness (QED) is 0.456. The minimum atomic E-state index is -0.722. The van der Waals surface area contributed by atoms with Crippen LogP contribution in [0.25, 0.3) is 22.8 Å². The second kappa shape index (κ2) is 7.97. The molecular formula is C19H17N7O3. The summed E-state index contributed by atoms with van der Waals surface area (Å²) in [4.78, 5) is 21.6. The molecule has 146 valence electrons. The van der Waals surface area contributed by atoms with Gasteiger partial charge in [0.2, 0.25) is 11.6 Å². The number of benzene rings is 1. The number of rotatable bonds is 6. The Hall–Kier alpha value is -3.95. The highest BCUT2D eigenvalue weighted by atomic mass is 16.6. The number of carbonyl (C=O) groups excluding carboxylic acids is 1. The van der Waals surface area contributed by atoms with Gasteiger partial charge in [0.1, 0.15) is 0 Å². The van der Waals surface area contributed by atoms with Crippen molar-refractivity contribution < 1.29 is 14.1 Å². The van der Waals surface area contributed by atoms with Crippen molar-refractivity contribution in [2.24, 2.45) is 0 Å². The highest BCUT2D eigenvalue weighted by Crippen LogP contribution is 2.20. The Morgan fingerprint density at radius 2 is 2.00 bits per heavy atom. The SMILES string of the molecule is Cc1ccc(-c2nnn(CC(=O)OC(C)c3nc(-c4cccnc4)no3)n2)cc1. The fourth-order valence-electron chi connectivity index (χ4n) is 2.54. The second-order valence-electron chi connectivity index (χ2n) is 6.34. The van der Waals surface area contributed by atoms with Crippen molar-refractivity contribution in [2.45, 2.75) is 26.5 Å². The van der Waals surface area contributed by atoms with Crippen LogP contribution >= 0.6 is 0 Å². The topological polar surface area (TPSA) is 122 Å². The molecule has 10 nitrogen and oxygen atoms in total. The normalized spacial score (nSPS) is 11.9. The molecule has 4 rings (SSSR count). The molecule has 0 fully saturated rings. The first-order valence-electron chi connectivity index (χ1n) is 8.87. The van der Waals surface area contributed by atoms with Crippen LogP contribution in [0.4, 0.5) is 0 Å². The van der Waals surface area contributed by atoms with E-state index in [1.54, 1.807) is 31.5 Å². The summed E-state index contributed by atoms with van der Waals surface area (Å²) in [5.41, 5.74) is 2.65. The largest absolute Gasteiger partial charge is 0.451 e. The summed E-state index contributed by atoms with van der Waals surface area (Å²) in [7, 11) is 0. The van der Waals surface area contributed by atoms with Crippen LogP contribution in [0.5, 0.6) is 0 Å². The summed E-state index contributed by atoms with van der Waals surface area (Å²) in [6, 6.07) is 11.3. The van der Waals surface area contributed by atoms with Crippen molar-refractivity contribution in [3.63, 3.8) is 0 Å². The van der Waals surface area contributed by atoms with Gasteiger partial charge in [0.15, 0.2) is 12.6 Å². The number of tetrazole rings is 1. The van der Waals surface area contributed by atoms with Crippen LogP contribution in [0, 0.1) is 6.92 Å². The predicted octanol–water partition coefficient (Wildman–Crippen LogP) is 2.40. The Labute approximate surface area is 165 Å². The third-order valence-electron chi connectivity index (χ3n) is 4.05. The van der Waals surface area contributed by atoms with Gasteiger partial charge in [0.25, 0.3) is 5.89 Å². The van der Waals surface area contributed by atoms with Crippen LogP contribution < -0.4 is 0 Å². The average Bonchev–Trinajstić information content (AvgIpc) is 3.39. The van der Waals surface area contributed by atoms with E-state index in [4.69, 9.17) is 9.26 Å². The molecule has 3 heterocycles. The maximum Gasteiger partial charge on any atom is 0.330 e. The zero-order chi connectivity index (χ0) is 20.2. The lowest BCUT2D eigenvalue weighted by atomic mass is 10.1. The van der Waals surface area contributed by atoms with Gasteiger partial charge in [-0.15, -0.1) is 10.2 Å². The summed E-state index contributed by atoms with van der Waals surface area (Å²) in [6.07, 6.45) is 2.55. The minimum Gasteiger partial charge on any atom is -0.451 e. The summed E-state index contributed by atoms with van der Waals surface area (Å²) in [5, 5.41) is 16.0. The summed E-state index contributed by atoms with van der Waals surface area (Å²) in [5.74, 6) is 0.441. The number of aromatic nitrogens is 7. The van der Waals surface area contributed by atoms with Crippen molar-refractivity contribution >= 4 is 5.97 Å². The van der Waals surface area contributed by atoms with Crippen molar-refractivity contribution in [1.29, 1.82) is 0 Å². The second-order valence-corrected chi connectivity index (χ2v) is 6.34. The zero-order valence-corrected chi connectivity index (χ0v) is 15.8. The van der Waals surface area contributed by atoms with E-state index in [1.165, 1.54) is 4.80 Å². The maximum atomic E-state index is 12.2. The number of nitrogens with zero attached hydrogens (tertiary/aromatic N) is 7. The van der Waals surface area contributed by atoms with Crippen LogP contribution in [0.3, 0.4) is 0 Å². The molecule has 3 aromatic heterocycles. The molecule has 0 aliphatic heterocycles. The number of ether oxygens (including phenoxy) is 1. The average molecular weight is 391 g/mol. The van der Waals surface area contributed by atoms with E-state index in [1.807, 2.05) is 31.2 Å². The van der Waals surface area contributed by atoms with Crippen LogP contribution in [-0.4, -0.2) is 41.3 Å². The van der Waals surface area contributed by atoms with E-state index in [2.05, 4.69) is 30.5 Å². The van der Waals surface area contributed by atoms with Gasteiger partial charge >= 0.3 is 5.97 Å². The van der Waals surface area contributed by atoms with E-state index >= 15 is 0 Å². The zero-order valence-electron chi connectivity index (χ0n) is 15.8. The van der Waals surface area contributed by atoms with Gasteiger partial charge in [-0.2, -0.15) is 9.78 Å². The molecule has 0 aliphatic rings. The first-order valence-corrected chi connectivity index (χ1v) is 8.87. The molecule has 0 amide bonds. The highest BCUT2D eigenvalue weighted by Gasteiger charge is 2.20. The van der Waals surface area contributed by atoms with E-state index in [-0.39, 0.29) is 12.4 Å². The summed E-state index contributed by atoms with van der Waals surface area (Å²) >= 11 is 0. The minimum absolute atomic E-state index is 0.184. The number of carbonyl (C=O) groups is 1. The van der Waals surface area contributed by atoms with Gasteiger partial charge in [-0.25, -0.2) is 4.79 Å². The van der Waals surface area contributed by atoms with Crippen molar-refractivity contribution in [3.05, 3.63) is 60.2 Å². The van der Waals surface area contributed by atoms with Crippen LogP contribution in [0.2, 0.25) is 0 Å². The van der Waals surface area contributed by atoms with Gasteiger partial charge in [-0.3, -0.25) is 4.98 Å². The Bertz CT molecular complexity index is 1110. The van der Waals surface area contributed by atoms with Crippen molar-refractivity contribution in [1.82, 2.24) is 35.3 Å². The Kier molecular flexibility index (Phi) is 5.06. The molecule has 0 saturated carbocycles. The molecule has 0 aliphatic carbocycles. The monoisotopic (exact) mass is 391 g/mol. The Balaban J connectivity index is 1.37. The molecular weight excluding hydrogens is 374 g/mol. The number of hydrogen-bond donors (Lipinski definition) is 0. The first-order chi connectivity index (χ1) is 14.1. The van der Waals surface area contributed by atoms with Crippen LogP contribution in [-0.2, 0) is 16.1 Å². The van der Waals surface area contributed by atoms with Gasteiger partial charge in [-0.1, -0.05) is 35.0 Å². The van der Waals surface area contributed by atoms with Gasteiger partial charge in [-0.05, 0) is 31.2 Å². The molecule has 0 bridgehead atoms. The molecule has 1 aromatic carbocycles. The molecule has 10 heteroatoms. The van der Waals surface area contributed by atoms with Crippen molar-refractivity contribution in [3.8, 4) is 22.8 Å². The Morgan fingerprint density at radius 1 is 1.17 bits per heavy atom.